The fraction of sp³-hybridized carbons (Fsp3) is 0.333. The minimum Gasteiger partial charge on any atom is -0.368 e. The maximum absolute atomic E-state index is 14.1. The van der Waals surface area contributed by atoms with Crippen molar-refractivity contribution in [3.63, 3.8) is 0 Å². The summed E-state index contributed by atoms with van der Waals surface area (Å²) in [5, 5.41) is 5.69. The molecule has 6 nitrogen and oxygen atoms in total. The molecule has 1 amide bonds. The number of nitrogens with one attached hydrogen (secondary N) is 2. The molecule has 2 N–H and O–H groups in total. The van der Waals surface area contributed by atoms with Gasteiger partial charge in [0.2, 0.25) is 5.13 Å². The lowest BCUT2D eigenvalue weighted by atomic mass is 10.2. The van der Waals surface area contributed by atoms with E-state index in [0.29, 0.717) is 17.5 Å². The Morgan fingerprint density at radius 2 is 2.30 bits per heavy atom. The van der Waals surface area contributed by atoms with Gasteiger partial charge in [0.15, 0.2) is 11.6 Å². The van der Waals surface area contributed by atoms with Crippen molar-refractivity contribution in [2.75, 3.05) is 17.2 Å². The minimum atomic E-state index is -0.667. The van der Waals surface area contributed by atoms with Crippen molar-refractivity contribution in [3.05, 3.63) is 29.5 Å². The van der Waals surface area contributed by atoms with Crippen molar-refractivity contribution in [1.82, 2.24) is 14.3 Å². The highest BCUT2D eigenvalue weighted by Crippen LogP contribution is 2.17. The normalized spacial score (nSPS) is 10.3. The number of halogens is 1. The van der Waals surface area contributed by atoms with Gasteiger partial charge in [-0.15, -0.1) is 0 Å². The lowest BCUT2D eigenvalue weighted by molar-refractivity contribution is 0.102. The van der Waals surface area contributed by atoms with Crippen molar-refractivity contribution in [2.45, 2.75) is 20.3 Å². The second-order valence-electron chi connectivity index (χ2n) is 4.05. The van der Waals surface area contributed by atoms with Gasteiger partial charge in [-0.2, -0.15) is 4.37 Å². The Labute approximate surface area is 119 Å². The minimum absolute atomic E-state index is 0.0768. The number of anilines is 2. The monoisotopic (exact) mass is 295 g/mol. The zero-order valence-corrected chi connectivity index (χ0v) is 11.9. The van der Waals surface area contributed by atoms with Gasteiger partial charge >= 0.3 is 0 Å². The van der Waals surface area contributed by atoms with Gasteiger partial charge in [-0.05, 0) is 19.4 Å². The van der Waals surface area contributed by atoms with E-state index in [4.69, 9.17) is 0 Å². The zero-order valence-electron chi connectivity index (χ0n) is 11.1. The summed E-state index contributed by atoms with van der Waals surface area (Å²) in [7, 11) is 0. The maximum atomic E-state index is 14.1. The number of aromatic nitrogens is 3. The Bertz CT molecular complexity index is 616. The molecule has 20 heavy (non-hydrogen) atoms. The number of pyridine rings is 1. The predicted octanol–water partition coefficient (Wildman–Crippen LogP) is 2.45. The molecule has 0 aliphatic rings. The number of hydrogen-bond donors (Lipinski definition) is 2. The van der Waals surface area contributed by atoms with E-state index in [0.717, 1.165) is 18.0 Å². The van der Waals surface area contributed by atoms with Crippen LogP contribution >= 0.6 is 11.5 Å². The summed E-state index contributed by atoms with van der Waals surface area (Å²) in [6.07, 6.45) is 2.23. The van der Waals surface area contributed by atoms with E-state index in [-0.39, 0.29) is 11.4 Å². The van der Waals surface area contributed by atoms with E-state index in [1.54, 1.807) is 6.92 Å². The van der Waals surface area contributed by atoms with Gasteiger partial charge in [0.25, 0.3) is 5.91 Å². The Balaban J connectivity index is 2.17. The van der Waals surface area contributed by atoms with Crippen LogP contribution in [0.3, 0.4) is 0 Å². The van der Waals surface area contributed by atoms with E-state index in [1.165, 1.54) is 12.3 Å². The maximum Gasteiger partial charge on any atom is 0.260 e. The molecule has 0 aromatic carbocycles. The molecule has 106 valence electrons. The third-order valence-electron chi connectivity index (χ3n) is 2.42. The molecular formula is C12H14FN5OS. The van der Waals surface area contributed by atoms with Gasteiger partial charge in [-0.1, -0.05) is 6.92 Å². The number of carbonyl (C=O) groups is 1. The van der Waals surface area contributed by atoms with Crippen LogP contribution in [0.1, 0.15) is 29.5 Å². The first kappa shape index (κ1) is 14.3. The molecule has 0 aliphatic carbocycles. The highest BCUT2D eigenvalue weighted by atomic mass is 32.1. The first-order chi connectivity index (χ1) is 9.61. The molecule has 0 aliphatic heterocycles. The molecule has 0 fully saturated rings. The van der Waals surface area contributed by atoms with Crippen LogP contribution in [0.15, 0.2) is 12.3 Å². The van der Waals surface area contributed by atoms with Crippen molar-refractivity contribution in [2.24, 2.45) is 0 Å². The summed E-state index contributed by atoms with van der Waals surface area (Å²) < 4.78 is 18.1. The lowest BCUT2D eigenvalue weighted by Crippen LogP contribution is -2.16. The zero-order chi connectivity index (χ0) is 14.5. The fourth-order valence-electron chi connectivity index (χ4n) is 1.50. The molecule has 2 aromatic rings. The van der Waals surface area contributed by atoms with E-state index < -0.39 is 11.7 Å². The van der Waals surface area contributed by atoms with E-state index in [9.17, 15) is 9.18 Å². The third kappa shape index (κ3) is 3.27. The molecule has 8 heteroatoms. The van der Waals surface area contributed by atoms with Gasteiger partial charge < -0.3 is 5.32 Å². The van der Waals surface area contributed by atoms with E-state index >= 15 is 0 Å². The molecule has 2 aromatic heterocycles. The second-order valence-corrected chi connectivity index (χ2v) is 4.80. The standard InChI is InChI=1S/C12H14FN5OS/c1-3-5-14-10-9(13)8(4-6-15-10)11(19)17-12-16-7(2)18-20-12/h4,6H,3,5H2,1-2H3,(H,14,15)(H,16,17,18,19). The first-order valence-electron chi connectivity index (χ1n) is 6.12. The van der Waals surface area contributed by atoms with Crippen LogP contribution < -0.4 is 10.6 Å². The summed E-state index contributed by atoms with van der Waals surface area (Å²) in [5.74, 6) is -0.598. The van der Waals surface area contributed by atoms with Crippen LogP contribution in [0, 0.1) is 12.7 Å². The van der Waals surface area contributed by atoms with Gasteiger partial charge in [0.1, 0.15) is 5.82 Å². The smallest absolute Gasteiger partial charge is 0.260 e. The molecule has 0 saturated heterocycles. The number of nitrogens with zero attached hydrogens (tertiary/aromatic N) is 3. The molecule has 0 radical (unpaired) electrons. The van der Waals surface area contributed by atoms with Crippen LogP contribution in [0.2, 0.25) is 0 Å². The Morgan fingerprint density at radius 1 is 1.50 bits per heavy atom. The quantitative estimate of drug-likeness (QED) is 0.885. The average molecular weight is 295 g/mol. The van der Waals surface area contributed by atoms with Crippen molar-refractivity contribution in [3.8, 4) is 0 Å². The molecule has 0 saturated carbocycles. The molecule has 0 bridgehead atoms. The van der Waals surface area contributed by atoms with Crippen molar-refractivity contribution < 1.29 is 9.18 Å². The molecule has 2 rings (SSSR count). The SMILES string of the molecule is CCCNc1nccc(C(=O)Nc2nc(C)ns2)c1F. The van der Waals surface area contributed by atoms with Crippen LogP contribution in [0.25, 0.3) is 0 Å². The first-order valence-corrected chi connectivity index (χ1v) is 6.89. The molecule has 0 atom stereocenters. The fourth-order valence-corrected chi connectivity index (χ4v) is 2.07. The van der Waals surface area contributed by atoms with Crippen molar-refractivity contribution in [1.29, 1.82) is 0 Å². The topological polar surface area (TPSA) is 79.8 Å². The highest BCUT2D eigenvalue weighted by Gasteiger charge is 2.17. The summed E-state index contributed by atoms with van der Waals surface area (Å²) in [6.45, 7) is 4.26. The van der Waals surface area contributed by atoms with Crippen LogP contribution in [0.4, 0.5) is 15.3 Å². The van der Waals surface area contributed by atoms with Gasteiger partial charge in [0.05, 0.1) is 5.56 Å². The number of carbonyl (C=O) groups excluding carboxylic acids is 1. The molecule has 0 unspecified atom stereocenters. The van der Waals surface area contributed by atoms with E-state index in [2.05, 4.69) is 25.0 Å². The van der Waals surface area contributed by atoms with Crippen LogP contribution in [-0.4, -0.2) is 26.8 Å². The summed E-state index contributed by atoms with van der Waals surface area (Å²) in [6, 6.07) is 1.33. The van der Waals surface area contributed by atoms with Crippen molar-refractivity contribution >= 4 is 28.4 Å². The second kappa shape index (κ2) is 6.38. The number of aryl methyl sites for hydroxylation is 1. The lowest BCUT2D eigenvalue weighted by Gasteiger charge is -2.08. The summed E-state index contributed by atoms with van der Waals surface area (Å²) in [4.78, 5) is 19.9. The number of hydrogen-bond acceptors (Lipinski definition) is 6. The largest absolute Gasteiger partial charge is 0.368 e. The summed E-state index contributed by atoms with van der Waals surface area (Å²) >= 11 is 1.05. The Morgan fingerprint density at radius 3 is 2.95 bits per heavy atom. The van der Waals surface area contributed by atoms with Crippen LogP contribution in [0.5, 0.6) is 0 Å². The molecule has 2 heterocycles. The van der Waals surface area contributed by atoms with E-state index in [1.807, 2.05) is 6.92 Å². The van der Waals surface area contributed by atoms with Gasteiger partial charge in [-0.25, -0.2) is 14.4 Å². The van der Waals surface area contributed by atoms with Gasteiger partial charge in [-0.3, -0.25) is 10.1 Å². The average Bonchev–Trinajstić information content (AvgIpc) is 2.83. The molecular weight excluding hydrogens is 281 g/mol. The van der Waals surface area contributed by atoms with Crippen LogP contribution in [-0.2, 0) is 0 Å². The highest BCUT2D eigenvalue weighted by molar-refractivity contribution is 7.09. The Kier molecular flexibility index (Phi) is 4.57. The number of amides is 1. The predicted molar refractivity (Wildman–Crippen MR) is 75.6 cm³/mol. The molecule has 0 spiro atoms. The summed E-state index contributed by atoms with van der Waals surface area (Å²) in [5.41, 5.74) is -0.0774. The number of rotatable bonds is 5. The van der Waals surface area contributed by atoms with Gasteiger partial charge in [0, 0.05) is 24.3 Å². The third-order valence-corrected chi connectivity index (χ3v) is 3.15. The Hall–Kier alpha value is -2.09.